The quantitative estimate of drug-likeness (QED) is 0.0898. The molecule has 0 aliphatic heterocycles. The molecule has 0 aliphatic rings. The molecular weight excluding hydrogens is 937 g/mol. The van der Waals surface area contributed by atoms with Gasteiger partial charge in [0.15, 0.2) is 34.5 Å². The van der Waals surface area contributed by atoms with Crippen LogP contribution in [0.2, 0.25) is 0 Å². The molecule has 3 aromatic heterocycles. The summed E-state index contributed by atoms with van der Waals surface area (Å²) >= 11 is 0. The molecule has 0 saturated carbocycles. The van der Waals surface area contributed by atoms with Gasteiger partial charge >= 0.3 is 0 Å². The second-order valence-corrected chi connectivity index (χ2v) is 17.8. The van der Waals surface area contributed by atoms with Gasteiger partial charge in [-0.25, -0.2) is 29.9 Å². The molecule has 0 bridgehead atoms. The maximum atomic E-state index is 5.99. The SMILES string of the molecule is CCC(C)Oc1ncnc2ccc(-c3ccc(OC)c(OC)c3)cc12.CCCOc1ncnc2ccc(-c3ccc(OC)c(OC)c3)cc12.COc1ccc(-c2ccc3ncnc(OC(C)(C)C)c3c2)cc1OC. The molecule has 3 heterocycles. The van der Waals surface area contributed by atoms with Crippen molar-refractivity contribution in [2.45, 2.75) is 66.1 Å². The number of aromatic nitrogens is 6. The Balaban J connectivity index is 0.000000162. The van der Waals surface area contributed by atoms with E-state index in [0.717, 1.165) is 78.9 Å². The number of benzene rings is 6. The van der Waals surface area contributed by atoms with E-state index >= 15 is 0 Å². The van der Waals surface area contributed by atoms with Crippen LogP contribution < -0.4 is 42.6 Å². The minimum Gasteiger partial charge on any atom is -0.493 e. The second-order valence-electron chi connectivity index (χ2n) is 17.8. The van der Waals surface area contributed by atoms with Gasteiger partial charge in [-0.05, 0) is 147 Å². The number of fused-ring (bicyclic) bond motifs is 3. The van der Waals surface area contributed by atoms with Gasteiger partial charge in [0.1, 0.15) is 24.6 Å². The molecule has 384 valence electrons. The minimum absolute atomic E-state index is 0.0998. The van der Waals surface area contributed by atoms with E-state index in [1.807, 2.05) is 137 Å². The lowest BCUT2D eigenvalue weighted by molar-refractivity contribution is 0.126. The fraction of sp³-hybridized carbons (Fsp3) is 0.288. The van der Waals surface area contributed by atoms with E-state index in [4.69, 9.17) is 42.6 Å². The second kappa shape index (κ2) is 24.8. The van der Waals surface area contributed by atoms with Crippen LogP contribution in [0.5, 0.6) is 52.1 Å². The third-order valence-corrected chi connectivity index (χ3v) is 11.7. The molecule has 15 heteroatoms. The Bertz CT molecular complexity index is 3330. The van der Waals surface area contributed by atoms with Gasteiger partial charge < -0.3 is 42.6 Å². The summed E-state index contributed by atoms with van der Waals surface area (Å²) in [6.45, 7) is 12.8. The van der Waals surface area contributed by atoms with E-state index in [2.05, 4.69) is 43.8 Å². The largest absolute Gasteiger partial charge is 0.493 e. The van der Waals surface area contributed by atoms with Crippen molar-refractivity contribution in [2.24, 2.45) is 0 Å². The normalized spacial score (nSPS) is 11.4. The maximum Gasteiger partial charge on any atom is 0.224 e. The smallest absolute Gasteiger partial charge is 0.224 e. The first-order chi connectivity index (χ1) is 35.8. The van der Waals surface area contributed by atoms with Crippen LogP contribution in [0.1, 0.15) is 54.4 Å². The summed E-state index contributed by atoms with van der Waals surface area (Å²) in [4.78, 5) is 25.9. The number of ether oxygens (including phenoxy) is 9. The van der Waals surface area contributed by atoms with E-state index in [1.165, 1.54) is 19.0 Å². The van der Waals surface area contributed by atoms with E-state index < -0.39 is 0 Å². The minimum atomic E-state index is -0.333. The molecule has 6 aromatic carbocycles. The third kappa shape index (κ3) is 12.9. The summed E-state index contributed by atoms with van der Waals surface area (Å²) in [5.41, 5.74) is 8.42. The van der Waals surface area contributed by atoms with Crippen LogP contribution in [0.3, 0.4) is 0 Å². The summed E-state index contributed by atoms with van der Waals surface area (Å²) in [6, 6.07) is 35.7. The van der Waals surface area contributed by atoms with Crippen molar-refractivity contribution in [3.8, 4) is 85.5 Å². The van der Waals surface area contributed by atoms with E-state index in [0.29, 0.717) is 58.7 Å². The number of methoxy groups -OCH3 is 6. The maximum absolute atomic E-state index is 5.99. The Labute approximate surface area is 432 Å². The van der Waals surface area contributed by atoms with Crippen LogP contribution in [0.15, 0.2) is 128 Å². The predicted molar refractivity (Wildman–Crippen MR) is 291 cm³/mol. The number of hydrogen-bond donors (Lipinski definition) is 0. The van der Waals surface area contributed by atoms with Crippen molar-refractivity contribution in [1.82, 2.24) is 29.9 Å². The van der Waals surface area contributed by atoms with Crippen molar-refractivity contribution in [1.29, 1.82) is 0 Å². The molecule has 9 aromatic rings. The van der Waals surface area contributed by atoms with Crippen molar-refractivity contribution in [2.75, 3.05) is 49.3 Å². The Kier molecular flexibility index (Phi) is 17.9. The van der Waals surface area contributed by atoms with Gasteiger partial charge in [0, 0.05) is 0 Å². The monoisotopic (exact) mass is 1000 g/mol. The Hall–Kier alpha value is -8.46. The molecule has 1 unspecified atom stereocenters. The molecule has 9 rings (SSSR count). The molecule has 0 saturated heterocycles. The van der Waals surface area contributed by atoms with Gasteiger partial charge in [0.05, 0.1) is 88.1 Å². The predicted octanol–water partition coefficient (Wildman–Crippen LogP) is 13.1. The fourth-order valence-electron chi connectivity index (χ4n) is 7.74. The lowest BCUT2D eigenvalue weighted by Gasteiger charge is -2.21. The highest BCUT2D eigenvalue weighted by molar-refractivity contribution is 5.90. The topological polar surface area (TPSA) is 160 Å². The summed E-state index contributed by atoms with van der Waals surface area (Å²) in [7, 11) is 9.78. The molecule has 0 amide bonds. The van der Waals surface area contributed by atoms with Gasteiger partial charge in [-0.1, -0.05) is 50.2 Å². The van der Waals surface area contributed by atoms with Crippen molar-refractivity contribution >= 4 is 32.7 Å². The third-order valence-electron chi connectivity index (χ3n) is 11.7. The Morgan fingerprint density at radius 3 is 1.11 bits per heavy atom. The van der Waals surface area contributed by atoms with E-state index in [1.54, 1.807) is 42.7 Å². The first kappa shape index (κ1) is 53.3. The zero-order valence-corrected chi connectivity index (χ0v) is 44.2. The average molecular weight is 1000 g/mol. The highest BCUT2D eigenvalue weighted by atomic mass is 16.5. The van der Waals surface area contributed by atoms with Crippen molar-refractivity contribution in [3.63, 3.8) is 0 Å². The number of nitrogens with zero attached hydrogens (tertiary/aromatic N) is 6. The van der Waals surface area contributed by atoms with Crippen LogP contribution in [-0.4, -0.2) is 90.9 Å². The average Bonchev–Trinajstić information content (AvgIpc) is 3.43. The molecule has 0 fully saturated rings. The molecule has 0 spiro atoms. The molecule has 15 nitrogen and oxygen atoms in total. The van der Waals surface area contributed by atoms with Crippen LogP contribution in [0.4, 0.5) is 0 Å². The number of rotatable bonds is 16. The highest BCUT2D eigenvalue weighted by Gasteiger charge is 2.17. The molecule has 1 atom stereocenters. The van der Waals surface area contributed by atoms with Crippen LogP contribution in [0, 0.1) is 0 Å². The first-order valence-electron chi connectivity index (χ1n) is 24.2. The van der Waals surface area contributed by atoms with Gasteiger partial charge in [0.25, 0.3) is 0 Å². The molecule has 0 radical (unpaired) electrons. The molecular formula is C59H64N6O9. The lowest BCUT2D eigenvalue weighted by atomic mass is 10.0. The van der Waals surface area contributed by atoms with Gasteiger partial charge in [-0.15, -0.1) is 0 Å². The Morgan fingerprint density at radius 1 is 0.405 bits per heavy atom. The molecule has 74 heavy (non-hydrogen) atoms. The molecule has 0 N–H and O–H groups in total. The first-order valence-corrected chi connectivity index (χ1v) is 24.2. The summed E-state index contributed by atoms with van der Waals surface area (Å²) in [6.07, 6.45) is 6.55. The molecule has 0 aliphatic carbocycles. The van der Waals surface area contributed by atoms with Crippen LogP contribution >= 0.6 is 0 Å². The van der Waals surface area contributed by atoms with Gasteiger partial charge in [-0.3, -0.25) is 0 Å². The fourth-order valence-corrected chi connectivity index (χ4v) is 7.74. The van der Waals surface area contributed by atoms with Crippen LogP contribution in [-0.2, 0) is 0 Å². The standard InChI is InChI=1S/2C20H22N2O3.C19H20N2O3/c1-20(2,3)25-19-15-10-13(6-8-16(15)21-12-22-19)14-7-9-17(23-4)18(11-14)24-5;1-5-13(2)25-20-16-10-14(6-8-17(16)21-12-22-20)15-7-9-18(23-3)19(11-15)24-4;1-4-9-24-19-15-10-13(5-7-16(15)20-12-21-19)14-6-8-17(22-2)18(11-14)23-3/h6-12H,1-5H3;6-13H,5H2,1-4H3;5-8,10-12H,4,9H2,1-3H3. The number of hydrogen-bond acceptors (Lipinski definition) is 15. The summed E-state index contributed by atoms with van der Waals surface area (Å²) in [5, 5.41) is 2.68. The zero-order chi connectivity index (χ0) is 52.8. The van der Waals surface area contributed by atoms with Crippen LogP contribution in [0.25, 0.3) is 66.1 Å². The zero-order valence-electron chi connectivity index (χ0n) is 44.2. The highest BCUT2D eigenvalue weighted by Crippen LogP contribution is 2.38. The summed E-state index contributed by atoms with van der Waals surface area (Å²) < 4.78 is 49.8. The van der Waals surface area contributed by atoms with Crippen molar-refractivity contribution in [3.05, 3.63) is 128 Å². The van der Waals surface area contributed by atoms with E-state index in [9.17, 15) is 0 Å². The van der Waals surface area contributed by atoms with Crippen molar-refractivity contribution < 1.29 is 42.6 Å². The summed E-state index contributed by atoms with van der Waals surface area (Å²) in [5.74, 6) is 6.00. The lowest BCUT2D eigenvalue weighted by Crippen LogP contribution is -2.23. The van der Waals surface area contributed by atoms with Gasteiger partial charge in [-0.2, -0.15) is 0 Å². The van der Waals surface area contributed by atoms with Gasteiger partial charge in [0.2, 0.25) is 17.6 Å². The van der Waals surface area contributed by atoms with E-state index in [-0.39, 0.29) is 11.7 Å². The Morgan fingerprint density at radius 2 is 0.743 bits per heavy atom.